The van der Waals surface area contributed by atoms with E-state index >= 15 is 0 Å². The van der Waals surface area contributed by atoms with E-state index in [-0.39, 0.29) is 5.75 Å². The third kappa shape index (κ3) is 2.23. The van der Waals surface area contributed by atoms with Gasteiger partial charge in [0.25, 0.3) is 0 Å². The number of phenolic OH excluding ortho intramolecular Hbond substituents is 1. The zero-order valence-electron chi connectivity index (χ0n) is 12.5. The van der Waals surface area contributed by atoms with Gasteiger partial charge in [0.05, 0.1) is 12.7 Å². The molecule has 3 aromatic rings. The van der Waals surface area contributed by atoms with Gasteiger partial charge in [-0.25, -0.2) is 0 Å². The third-order valence-corrected chi connectivity index (χ3v) is 3.86. The van der Waals surface area contributed by atoms with Crippen molar-refractivity contribution in [2.75, 3.05) is 7.11 Å². The van der Waals surface area contributed by atoms with Crippen molar-refractivity contribution in [3.63, 3.8) is 0 Å². The summed E-state index contributed by atoms with van der Waals surface area (Å²) in [6.07, 6.45) is 2.54. The van der Waals surface area contributed by atoms with Gasteiger partial charge in [0.15, 0.2) is 0 Å². The van der Waals surface area contributed by atoms with Gasteiger partial charge in [-0.05, 0) is 17.4 Å². The molecule has 0 amide bonds. The van der Waals surface area contributed by atoms with Gasteiger partial charge < -0.3 is 9.84 Å². The smallest absolute Gasteiger partial charge is 0.134 e. The molecule has 0 heterocycles. The van der Waals surface area contributed by atoms with E-state index in [0.717, 1.165) is 27.5 Å². The molecule has 0 aliphatic carbocycles. The van der Waals surface area contributed by atoms with Gasteiger partial charge in [0.1, 0.15) is 11.5 Å². The SMILES string of the molecule is C=CCc1c(OC)c(-c2ccccc2)c(O)c2ccccc12. The maximum atomic E-state index is 10.8. The van der Waals surface area contributed by atoms with Crippen molar-refractivity contribution in [3.8, 4) is 22.6 Å². The lowest BCUT2D eigenvalue weighted by molar-refractivity contribution is 0.408. The second kappa shape index (κ2) is 5.94. The molecule has 3 rings (SSSR count). The molecule has 0 aliphatic heterocycles. The highest BCUT2D eigenvalue weighted by atomic mass is 16.5. The lowest BCUT2D eigenvalue weighted by Gasteiger charge is -2.18. The number of ether oxygens (including phenoxy) is 1. The zero-order valence-corrected chi connectivity index (χ0v) is 12.5. The fraction of sp³-hybridized carbons (Fsp3) is 0.100. The van der Waals surface area contributed by atoms with Crippen LogP contribution < -0.4 is 4.74 Å². The van der Waals surface area contributed by atoms with Crippen molar-refractivity contribution in [2.45, 2.75) is 6.42 Å². The lowest BCUT2D eigenvalue weighted by Crippen LogP contribution is -1.97. The maximum Gasteiger partial charge on any atom is 0.134 e. The van der Waals surface area contributed by atoms with E-state index in [4.69, 9.17) is 4.74 Å². The van der Waals surface area contributed by atoms with E-state index in [1.54, 1.807) is 7.11 Å². The molecule has 0 aliphatic rings. The average Bonchev–Trinajstić information content (AvgIpc) is 2.58. The molecule has 0 atom stereocenters. The number of rotatable bonds is 4. The average molecular weight is 290 g/mol. The minimum atomic E-state index is 0.256. The molecule has 0 spiro atoms. The molecule has 3 aromatic carbocycles. The molecule has 22 heavy (non-hydrogen) atoms. The highest BCUT2D eigenvalue weighted by Gasteiger charge is 2.20. The molecular formula is C20H18O2. The summed E-state index contributed by atoms with van der Waals surface area (Å²) >= 11 is 0. The summed E-state index contributed by atoms with van der Waals surface area (Å²) in [6, 6.07) is 17.7. The van der Waals surface area contributed by atoms with Crippen molar-refractivity contribution in [3.05, 3.63) is 72.8 Å². The van der Waals surface area contributed by atoms with Crippen LogP contribution in [0.15, 0.2) is 67.3 Å². The molecule has 2 heteroatoms. The fourth-order valence-corrected chi connectivity index (χ4v) is 2.91. The molecule has 1 N–H and O–H groups in total. The van der Waals surface area contributed by atoms with Gasteiger partial charge >= 0.3 is 0 Å². The van der Waals surface area contributed by atoms with Crippen LogP contribution >= 0.6 is 0 Å². The van der Waals surface area contributed by atoms with Gasteiger partial charge in [-0.3, -0.25) is 0 Å². The fourth-order valence-electron chi connectivity index (χ4n) is 2.91. The van der Waals surface area contributed by atoms with Crippen LogP contribution in [0.4, 0.5) is 0 Å². The summed E-state index contributed by atoms with van der Waals surface area (Å²) in [5, 5.41) is 12.6. The van der Waals surface area contributed by atoms with Crippen LogP contribution in [0.2, 0.25) is 0 Å². The molecule has 0 fully saturated rings. The summed E-state index contributed by atoms with van der Waals surface area (Å²) < 4.78 is 5.66. The number of methoxy groups -OCH3 is 1. The van der Waals surface area contributed by atoms with Gasteiger partial charge in [0.2, 0.25) is 0 Å². The Hall–Kier alpha value is -2.74. The molecule has 0 bridgehead atoms. The molecule has 0 saturated heterocycles. The van der Waals surface area contributed by atoms with E-state index in [2.05, 4.69) is 6.58 Å². The minimum Gasteiger partial charge on any atom is -0.507 e. The second-order valence-corrected chi connectivity index (χ2v) is 5.14. The predicted octanol–water partition coefficient (Wildman–Crippen LogP) is 4.95. The van der Waals surface area contributed by atoms with E-state index in [9.17, 15) is 5.11 Å². The summed E-state index contributed by atoms with van der Waals surface area (Å²) in [5.41, 5.74) is 2.72. The third-order valence-electron chi connectivity index (χ3n) is 3.86. The maximum absolute atomic E-state index is 10.8. The molecule has 0 unspecified atom stereocenters. The first-order valence-electron chi connectivity index (χ1n) is 7.24. The normalized spacial score (nSPS) is 10.6. The zero-order chi connectivity index (χ0) is 15.5. The Balaban J connectivity index is 2.45. The number of allylic oxidation sites excluding steroid dienone is 1. The molecular weight excluding hydrogens is 272 g/mol. The Bertz CT molecular complexity index is 820. The van der Waals surface area contributed by atoms with Crippen LogP contribution in [0.3, 0.4) is 0 Å². The lowest BCUT2D eigenvalue weighted by atomic mass is 9.92. The van der Waals surface area contributed by atoms with Gasteiger partial charge in [-0.2, -0.15) is 0 Å². The van der Waals surface area contributed by atoms with Crippen molar-refractivity contribution in [1.29, 1.82) is 0 Å². The molecule has 0 aromatic heterocycles. The van der Waals surface area contributed by atoms with E-state index in [0.29, 0.717) is 12.2 Å². The van der Waals surface area contributed by atoms with E-state index < -0.39 is 0 Å². The summed E-state index contributed by atoms with van der Waals surface area (Å²) in [5.74, 6) is 0.966. The first kappa shape index (κ1) is 14.2. The largest absolute Gasteiger partial charge is 0.507 e. The standard InChI is InChI=1S/C20H18O2/c1-3-9-17-15-12-7-8-13-16(15)19(21)18(20(17)22-2)14-10-5-4-6-11-14/h3-8,10-13,21H,1,9H2,2H3. The molecule has 2 nitrogen and oxygen atoms in total. The summed E-state index contributed by atoms with van der Waals surface area (Å²) in [7, 11) is 1.64. The minimum absolute atomic E-state index is 0.256. The predicted molar refractivity (Wildman–Crippen MR) is 91.5 cm³/mol. The first-order chi connectivity index (χ1) is 10.8. The molecule has 110 valence electrons. The van der Waals surface area contributed by atoms with Crippen LogP contribution in [0, 0.1) is 0 Å². The topological polar surface area (TPSA) is 29.5 Å². The van der Waals surface area contributed by atoms with Crippen LogP contribution in [0.5, 0.6) is 11.5 Å². The van der Waals surface area contributed by atoms with E-state index in [1.165, 1.54) is 0 Å². The highest BCUT2D eigenvalue weighted by Crippen LogP contribution is 2.46. The number of benzene rings is 3. The van der Waals surface area contributed by atoms with Gasteiger partial charge in [0, 0.05) is 10.9 Å². The molecule has 0 saturated carbocycles. The number of hydrogen-bond donors (Lipinski definition) is 1. The summed E-state index contributed by atoms with van der Waals surface area (Å²) in [6.45, 7) is 3.84. The Morgan fingerprint density at radius 1 is 1.00 bits per heavy atom. The van der Waals surface area contributed by atoms with Crippen LogP contribution in [0.25, 0.3) is 21.9 Å². The number of fused-ring (bicyclic) bond motifs is 1. The van der Waals surface area contributed by atoms with Gasteiger partial charge in [-0.1, -0.05) is 60.7 Å². The van der Waals surface area contributed by atoms with Crippen molar-refractivity contribution >= 4 is 10.8 Å². The quantitative estimate of drug-likeness (QED) is 0.689. The van der Waals surface area contributed by atoms with Crippen molar-refractivity contribution in [1.82, 2.24) is 0 Å². The molecule has 0 radical (unpaired) electrons. The van der Waals surface area contributed by atoms with Crippen molar-refractivity contribution < 1.29 is 9.84 Å². The Morgan fingerprint density at radius 2 is 1.64 bits per heavy atom. The summed E-state index contributed by atoms with van der Waals surface area (Å²) in [4.78, 5) is 0. The highest BCUT2D eigenvalue weighted by molar-refractivity contribution is 6.00. The first-order valence-corrected chi connectivity index (χ1v) is 7.24. The van der Waals surface area contributed by atoms with Crippen LogP contribution in [-0.4, -0.2) is 12.2 Å². The van der Waals surface area contributed by atoms with E-state index in [1.807, 2.05) is 60.7 Å². The number of aromatic hydroxyl groups is 1. The van der Waals surface area contributed by atoms with Crippen LogP contribution in [-0.2, 0) is 6.42 Å². The second-order valence-electron chi connectivity index (χ2n) is 5.14. The Labute approximate surface area is 130 Å². The number of hydrogen-bond acceptors (Lipinski definition) is 2. The monoisotopic (exact) mass is 290 g/mol. The van der Waals surface area contributed by atoms with Crippen LogP contribution in [0.1, 0.15) is 5.56 Å². The van der Waals surface area contributed by atoms with Gasteiger partial charge in [-0.15, -0.1) is 6.58 Å². The number of phenols is 1. The Morgan fingerprint density at radius 3 is 2.27 bits per heavy atom. The Kier molecular flexibility index (Phi) is 3.84. The van der Waals surface area contributed by atoms with Crippen molar-refractivity contribution in [2.24, 2.45) is 0 Å².